The van der Waals surface area contributed by atoms with Crippen LogP contribution in [0.1, 0.15) is 36.5 Å². The standard InChI is InChI=1S/C16H25N3O/c1-11-5-4-6-13(11)10-18-15-8-7-12(9-14(15)17)16(20)19(2)3/h7-9,11,13,18H,4-6,10,17H2,1-3H3. The molecule has 1 aliphatic carbocycles. The van der Waals surface area contributed by atoms with Crippen molar-refractivity contribution in [1.82, 2.24) is 4.90 Å². The summed E-state index contributed by atoms with van der Waals surface area (Å²) in [6, 6.07) is 5.49. The van der Waals surface area contributed by atoms with Gasteiger partial charge >= 0.3 is 0 Å². The zero-order valence-electron chi connectivity index (χ0n) is 12.6. The Labute approximate surface area is 121 Å². The van der Waals surface area contributed by atoms with Crippen LogP contribution in [0.2, 0.25) is 0 Å². The number of carbonyl (C=O) groups excluding carboxylic acids is 1. The van der Waals surface area contributed by atoms with E-state index >= 15 is 0 Å². The highest BCUT2D eigenvalue weighted by atomic mass is 16.2. The van der Waals surface area contributed by atoms with E-state index in [4.69, 9.17) is 5.73 Å². The Bertz CT molecular complexity index is 485. The monoisotopic (exact) mass is 275 g/mol. The molecule has 0 radical (unpaired) electrons. The van der Waals surface area contributed by atoms with Gasteiger partial charge in [0, 0.05) is 26.2 Å². The van der Waals surface area contributed by atoms with E-state index in [2.05, 4.69) is 12.2 Å². The molecule has 3 N–H and O–H groups in total. The zero-order chi connectivity index (χ0) is 14.7. The average Bonchev–Trinajstić information content (AvgIpc) is 2.82. The van der Waals surface area contributed by atoms with Crippen LogP contribution in [0.3, 0.4) is 0 Å². The van der Waals surface area contributed by atoms with Gasteiger partial charge in [0.15, 0.2) is 0 Å². The summed E-state index contributed by atoms with van der Waals surface area (Å²) in [6.07, 6.45) is 3.96. The molecule has 0 aromatic heterocycles. The number of rotatable bonds is 4. The van der Waals surface area contributed by atoms with Crippen LogP contribution in [0.25, 0.3) is 0 Å². The molecule has 20 heavy (non-hydrogen) atoms. The van der Waals surface area contributed by atoms with Crippen molar-refractivity contribution in [2.45, 2.75) is 26.2 Å². The normalized spacial score (nSPS) is 21.8. The lowest BCUT2D eigenvalue weighted by molar-refractivity contribution is 0.0827. The average molecular weight is 275 g/mol. The summed E-state index contributed by atoms with van der Waals surface area (Å²) in [5, 5.41) is 3.43. The minimum Gasteiger partial charge on any atom is -0.397 e. The number of nitrogen functional groups attached to an aromatic ring is 1. The van der Waals surface area contributed by atoms with E-state index in [1.165, 1.54) is 19.3 Å². The number of hydrogen-bond donors (Lipinski definition) is 2. The Kier molecular flexibility index (Phi) is 4.53. The summed E-state index contributed by atoms with van der Waals surface area (Å²) in [6.45, 7) is 3.29. The molecule has 2 unspecified atom stereocenters. The largest absolute Gasteiger partial charge is 0.397 e. The fourth-order valence-corrected chi connectivity index (χ4v) is 2.88. The smallest absolute Gasteiger partial charge is 0.253 e. The molecule has 0 heterocycles. The molecule has 1 aromatic rings. The maximum Gasteiger partial charge on any atom is 0.253 e. The Balaban J connectivity index is 2.01. The van der Waals surface area contributed by atoms with E-state index in [0.717, 1.165) is 24.1 Å². The third-order valence-electron chi connectivity index (χ3n) is 4.30. The van der Waals surface area contributed by atoms with Gasteiger partial charge in [0.25, 0.3) is 5.91 Å². The molecular weight excluding hydrogens is 250 g/mol. The molecule has 4 heteroatoms. The van der Waals surface area contributed by atoms with E-state index in [9.17, 15) is 4.79 Å². The van der Waals surface area contributed by atoms with Crippen molar-refractivity contribution in [2.75, 3.05) is 31.7 Å². The van der Waals surface area contributed by atoms with Gasteiger partial charge in [0.2, 0.25) is 0 Å². The predicted molar refractivity (Wildman–Crippen MR) is 83.9 cm³/mol. The number of amides is 1. The van der Waals surface area contributed by atoms with Crippen LogP contribution in [0.5, 0.6) is 0 Å². The van der Waals surface area contributed by atoms with Crippen LogP contribution in [0.15, 0.2) is 18.2 Å². The third kappa shape index (κ3) is 3.24. The Morgan fingerprint density at radius 2 is 2.15 bits per heavy atom. The second-order valence-electron chi connectivity index (χ2n) is 6.05. The lowest BCUT2D eigenvalue weighted by atomic mass is 9.98. The van der Waals surface area contributed by atoms with E-state index in [1.807, 2.05) is 12.1 Å². The van der Waals surface area contributed by atoms with Crippen LogP contribution in [0.4, 0.5) is 11.4 Å². The highest BCUT2D eigenvalue weighted by molar-refractivity contribution is 5.95. The molecule has 1 aliphatic rings. The van der Waals surface area contributed by atoms with Gasteiger partial charge in [-0.3, -0.25) is 4.79 Å². The molecule has 0 spiro atoms. The van der Waals surface area contributed by atoms with Crippen molar-refractivity contribution in [3.8, 4) is 0 Å². The Morgan fingerprint density at radius 3 is 2.70 bits per heavy atom. The first kappa shape index (κ1) is 14.7. The molecule has 0 bridgehead atoms. The molecule has 110 valence electrons. The maximum atomic E-state index is 11.9. The van der Waals surface area contributed by atoms with Gasteiger partial charge in [-0.05, 0) is 36.5 Å². The van der Waals surface area contributed by atoms with Crippen molar-refractivity contribution in [3.05, 3.63) is 23.8 Å². The van der Waals surface area contributed by atoms with E-state index in [0.29, 0.717) is 11.3 Å². The van der Waals surface area contributed by atoms with Gasteiger partial charge in [-0.2, -0.15) is 0 Å². The second-order valence-corrected chi connectivity index (χ2v) is 6.05. The van der Waals surface area contributed by atoms with E-state index < -0.39 is 0 Å². The molecule has 0 aliphatic heterocycles. The number of nitrogens with zero attached hydrogens (tertiary/aromatic N) is 1. The predicted octanol–water partition coefficient (Wildman–Crippen LogP) is 2.82. The number of benzene rings is 1. The molecule has 1 aromatic carbocycles. The van der Waals surface area contributed by atoms with Crippen LogP contribution in [-0.2, 0) is 0 Å². The number of carbonyl (C=O) groups is 1. The van der Waals surface area contributed by atoms with Crippen LogP contribution >= 0.6 is 0 Å². The molecule has 1 fully saturated rings. The number of nitrogens with two attached hydrogens (primary N) is 1. The van der Waals surface area contributed by atoms with Crippen molar-refractivity contribution >= 4 is 17.3 Å². The quantitative estimate of drug-likeness (QED) is 0.831. The van der Waals surface area contributed by atoms with Crippen LogP contribution < -0.4 is 11.1 Å². The first-order valence-corrected chi connectivity index (χ1v) is 7.34. The first-order valence-electron chi connectivity index (χ1n) is 7.34. The summed E-state index contributed by atoms with van der Waals surface area (Å²) in [4.78, 5) is 13.4. The minimum absolute atomic E-state index is 0.0207. The van der Waals surface area contributed by atoms with Crippen LogP contribution in [0, 0.1) is 11.8 Å². The van der Waals surface area contributed by atoms with Crippen molar-refractivity contribution in [2.24, 2.45) is 11.8 Å². The summed E-state index contributed by atoms with van der Waals surface area (Å²) >= 11 is 0. The molecule has 1 saturated carbocycles. The highest BCUT2D eigenvalue weighted by Gasteiger charge is 2.23. The summed E-state index contributed by atoms with van der Waals surface area (Å²) in [5.74, 6) is 1.50. The maximum absolute atomic E-state index is 11.9. The zero-order valence-corrected chi connectivity index (χ0v) is 12.6. The molecular formula is C16H25N3O. The fraction of sp³-hybridized carbons (Fsp3) is 0.562. The molecule has 1 amide bonds. The number of nitrogens with one attached hydrogen (secondary N) is 1. The topological polar surface area (TPSA) is 58.4 Å². The lowest BCUT2D eigenvalue weighted by Crippen LogP contribution is -2.22. The Hall–Kier alpha value is -1.71. The summed E-state index contributed by atoms with van der Waals surface area (Å²) in [7, 11) is 3.48. The molecule has 2 rings (SSSR count). The SMILES string of the molecule is CC1CCCC1CNc1ccc(C(=O)N(C)C)cc1N. The van der Waals surface area contributed by atoms with E-state index in [-0.39, 0.29) is 5.91 Å². The Morgan fingerprint density at radius 1 is 1.40 bits per heavy atom. The number of hydrogen-bond acceptors (Lipinski definition) is 3. The summed E-state index contributed by atoms with van der Waals surface area (Å²) < 4.78 is 0. The third-order valence-corrected chi connectivity index (χ3v) is 4.30. The highest BCUT2D eigenvalue weighted by Crippen LogP contribution is 2.31. The van der Waals surface area contributed by atoms with Crippen molar-refractivity contribution in [3.63, 3.8) is 0 Å². The van der Waals surface area contributed by atoms with Crippen LogP contribution in [-0.4, -0.2) is 31.4 Å². The van der Waals surface area contributed by atoms with Gasteiger partial charge in [0.05, 0.1) is 11.4 Å². The number of anilines is 2. The van der Waals surface area contributed by atoms with Crippen molar-refractivity contribution < 1.29 is 4.79 Å². The molecule has 4 nitrogen and oxygen atoms in total. The minimum atomic E-state index is -0.0207. The lowest BCUT2D eigenvalue weighted by Gasteiger charge is -2.18. The van der Waals surface area contributed by atoms with Crippen molar-refractivity contribution in [1.29, 1.82) is 0 Å². The van der Waals surface area contributed by atoms with Gasteiger partial charge in [-0.25, -0.2) is 0 Å². The van der Waals surface area contributed by atoms with Gasteiger partial charge in [-0.1, -0.05) is 19.8 Å². The van der Waals surface area contributed by atoms with Gasteiger partial charge < -0.3 is 16.0 Å². The van der Waals surface area contributed by atoms with Gasteiger partial charge in [-0.15, -0.1) is 0 Å². The van der Waals surface area contributed by atoms with E-state index in [1.54, 1.807) is 25.1 Å². The molecule has 2 atom stereocenters. The second kappa shape index (κ2) is 6.16. The fourth-order valence-electron chi connectivity index (χ4n) is 2.88. The first-order chi connectivity index (χ1) is 9.49. The summed E-state index contributed by atoms with van der Waals surface area (Å²) in [5.41, 5.74) is 8.25. The van der Waals surface area contributed by atoms with Gasteiger partial charge in [0.1, 0.15) is 0 Å². The molecule has 0 saturated heterocycles.